The quantitative estimate of drug-likeness (QED) is 0.755. The predicted octanol–water partition coefficient (Wildman–Crippen LogP) is 2.49. The number of methoxy groups -OCH3 is 1. The molecule has 2 aromatic rings. The lowest BCUT2D eigenvalue weighted by atomic mass is 10.0. The minimum atomic E-state index is -0.315. The first kappa shape index (κ1) is 17.3. The van der Waals surface area contributed by atoms with Crippen LogP contribution in [0.1, 0.15) is 24.2 Å². The first-order valence-corrected chi connectivity index (χ1v) is 7.64. The van der Waals surface area contributed by atoms with Gasteiger partial charge in [0.15, 0.2) is 0 Å². The second kappa shape index (κ2) is 7.48. The number of aromatic nitrogens is 2. The summed E-state index contributed by atoms with van der Waals surface area (Å²) in [5, 5.41) is 19.4. The number of ether oxygens (including phenoxy) is 1. The molecule has 1 aromatic carbocycles. The first-order chi connectivity index (χ1) is 11.0. The second-order valence-corrected chi connectivity index (χ2v) is 5.92. The van der Waals surface area contributed by atoms with Gasteiger partial charge in [-0.2, -0.15) is 5.10 Å². The fourth-order valence-corrected chi connectivity index (χ4v) is 2.43. The number of aromatic amines is 1. The number of nitrogens with zero attached hydrogens (tertiary/aromatic N) is 1. The molecule has 1 heterocycles. The van der Waals surface area contributed by atoms with Crippen molar-refractivity contribution in [1.82, 2.24) is 15.5 Å². The molecule has 2 rings (SSSR count). The number of H-pyrrole nitrogens is 1. The Kier molecular flexibility index (Phi) is 5.63. The van der Waals surface area contributed by atoms with E-state index in [1.165, 1.54) is 13.3 Å². The molecule has 0 bridgehead atoms. The van der Waals surface area contributed by atoms with E-state index in [4.69, 9.17) is 16.3 Å². The van der Waals surface area contributed by atoms with Crippen LogP contribution in [0.3, 0.4) is 0 Å². The summed E-state index contributed by atoms with van der Waals surface area (Å²) in [5.74, 6) is 0.379. The van der Waals surface area contributed by atoms with Gasteiger partial charge in [-0.3, -0.25) is 9.89 Å². The molecule has 0 unspecified atom stereocenters. The van der Waals surface area contributed by atoms with Crippen LogP contribution in [0.15, 0.2) is 24.4 Å². The topological polar surface area (TPSA) is 87.2 Å². The number of carbonyl (C=O) groups excluding carboxylic acids is 1. The van der Waals surface area contributed by atoms with Gasteiger partial charge in [-0.05, 0) is 24.1 Å². The van der Waals surface area contributed by atoms with Crippen LogP contribution in [-0.2, 0) is 0 Å². The standard InChI is InChI=1S/C16H20ClN3O3/c1-9(2)13(8-21)19-16(22)11-7-18-20-15(11)10-4-5-14(23-3)12(17)6-10/h4-7,9,13,21H,8H2,1-3H3,(H,18,20)(H,19,22)/t13-/m1/s1. The number of benzene rings is 1. The molecule has 0 aliphatic carbocycles. The summed E-state index contributed by atoms with van der Waals surface area (Å²) in [7, 11) is 1.54. The summed E-state index contributed by atoms with van der Waals surface area (Å²) in [4.78, 5) is 12.4. The Morgan fingerprint density at radius 2 is 2.22 bits per heavy atom. The summed E-state index contributed by atoms with van der Waals surface area (Å²) in [6, 6.07) is 4.91. The van der Waals surface area contributed by atoms with Gasteiger partial charge in [0.1, 0.15) is 5.75 Å². The van der Waals surface area contributed by atoms with E-state index in [1.54, 1.807) is 18.2 Å². The molecule has 0 aliphatic heterocycles. The van der Waals surface area contributed by atoms with Gasteiger partial charge in [0.25, 0.3) is 5.91 Å². The van der Waals surface area contributed by atoms with E-state index in [2.05, 4.69) is 15.5 Å². The molecule has 0 fully saturated rings. The average molecular weight is 338 g/mol. The van der Waals surface area contributed by atoms with Gasteiger partial charge in [-0.15, -0.1) is 0 Å². The number of aliphatic hydroxyl groups excluding tert-OH is 1. The van der Waals surface area contributed by atoms with Gasteiger partial charge in [0, 0.05) is 5.56 Å². The number of rotatable bonds is 6. The number of nitrogens with one attached hydrogen (secondary N) is 2. The maximum absolute atomic E-state index is 12.4. The molecule has 3 N–H and O–H groups in total. The van der Waals surface area contributed by atoms with Gasteiger partial charge in [-0.1, -0.05) is 25.4 Å². The minimum absolute atomic E-state index is 0.120. The zero-order valence-electron chi connectivity index (χ0n) is 13.3. The molecule has 7 heteroatoms. The van der Waals surface area contributed by atoms with Crippen molar-refractivity contribution >= 4 is 17.5 Å². The van der Waals surface area contributed by atoms with Gasteiger partial charge in [0.2, 0.25) is 0 Å². The molecule has 6 nitrogen and oxygen atoms in total. The minimum Gasteiger partial charge on any atom is -0.495 e. The van der Waals surface area contributed by atoms with E-state index in [0.29, 0.717) is 22.0 Å². The van der Waals surface area contributed by atoms with Crippen molar-refractivity contribution in [3.63, 3.8) is 0 Å². The number of amides is 1. The summed E-state index contributed by atoms with van der Waals surface area (Å²) in [5.41, 5.74) is 1.68. The van der Waals surface area contributed by atoms with Crippen LogP contribution in [0.25, 0.3) is 11.3 Å². The largest absolute Gasteiger partial charge is 0.495 e. The Balaban J connectivity index is 2.29. The SMILES string of the molecule is COc1ccc(-c2[nH]ncc2C(=O)N[C@H](CO)C(C)C)cc1Cl. The third-order valence-electron chi connectivity index (χ3n) is 3.64. The average Bonchev–Trinajstić information content (AvgIpc) is 3.01. The lowest BCUT2D eigenvalue weighted by molar-refractivity contribution is 0.0897. The van der Waals surface area contributed by atoms with Crippen LogP contribution < -0.4 is 10.1 Å². The smallest absolute Gasteiger partial charge is 0.255 e. The van der Waals surface area contributed by atoms with Crippen LogP contribution in [-0.4, -0.2) is 41.0 Å². The normalized spacial score (nSPS) is 12.3. The van der Waals surface area contributed by atoms with E-state index in [-0.39, 0.29) is 24.5 Å². The molecule has 124 valence electrons. The van der Waals surface area contributed by atoms with Gasteiger partial charge in [0.05, 0.1) is 42.2 Å². The third-order valence-corrected chi connectivity index (χ3v) is 3.94. The lowest BCUT2D eigenvalue weighted by Crippen LogP contribution is -2.41. The summed E-state index contributed by atoms with van der Waals surface area (Å²) in [6.45, 7) is 3.74. The van der Waals surface area contributed by atoms with Crippen molar-refractivity contribution in [1.29, 1.82) is 0 Å². The molecule has 0 saturated carbocycles. The fourth-order valence-electron chi connectivity index (χ4n) is 2.17. The molecular formula is C16H20ClN3O3. The number of hydrogen-bond acceptors (Lipinski definition) is 4. The number of hydrogen-bond donors (Lipinski definition) is 3. The van der Waals surface area contributed by atoms with E-state index in [9.17, 15) is 9.90 Å². The monoisotopic (exact) mass is 337 g/mol. The van der Waals surface area contributed by atoms with Crippen LogP contribution in [0.4, 0.5) is 0 Å². The van der Waals surface area contributed by atoms with Crippen molar-refractivity contribution < 1.29 is 14.6 Å². The molecule has 0 saturated heterocycles. The molecule has 1 atom stereocenters. The third kappa shape index (κ3) is 3.83. The number of halogens is 1. The van der Waals surface area contributed by atoms with Crippen LogP contribution in [0.2, 0.25) is 5.02 Å². The lowest BCUT2D eigenvalue weighted by Gasteiger charge is -2.19. The van der Waals surface area contributed by atoms with E-state index >= 15 is 0 Å². The molecule has 1 aromatic heterocycles. The highest BCUT2D eigenvalue weighted by Crippen LogP contribution is 2.30. The summed E-state index contributed by atoms with van der Waals surface area (Å²) >= 11 is 6.13. The summed E-state index contributed by atoms with van der Waals surface area (Å²) < 4.78 is 5.12. The van der Waals surface area contributed by atoms with E-state index in [0.717, 1.165) is 5.56 Å². The van der Waals surface area contributed by atoms with Crippen LogP contribution in [0.5, 0.6) is 5.75 Å². The zero-order valence-corrected chi connectivity index (χ0v) is 14.0. The highest BCUT2D eigenvalue weighted by molar-refractivity contribution is 6.32. The van der Waals surface area contributed by atoms with E-state index < -0.39 is 0 Å². The number of aliphatic hydroxyl groups is 1. The number of carbonyl (C=O) groups is 1. The molecule has 0 radical (unpaired) electrons. The second-order valence-electron chi connectivity index (χ2n) is 5.51. The van der Waals surface area contributed by atoms with Crippen molar-refractivity contribution in [3.05, 3.63) is 35.0 Å². The molecule has 0 aliphatic rings. The Labute approximate surface area is 139 Å². The van der Waals surface area contributed by atoms with Gasteiger partial charge < -0.3 is 15.2 Å². The fraction of sp³-hybridized carbons (Fsp3) is 0.375. The van der Waals surface area contributed by atoms with Crippen molar-refractivity contribution in [2.75, 3.05) is 13.7 Å². The first-order valence-electron chi connectivity index (χ1n) is 7.27. The Morgan fingerprint density at radius 1 is 1.48 bits per heavy atom. The Hall–Kier alpha value is -2.05. The van der Waals surface area contributed by atoms with Crippen LogP contribution >= 0.6 is 11.6 Å². The van der Waals surface area contributed by atoms with Crippen LogP contribution in [0, 0.1) is 5.92 Å². The molecule has 1 amide bonds. The van der Waals surface area contributed by atoms with Gasteiger partial charge in [-0.25, -0.2) is 0 Å². The van der Waals surface area contributed by atoms with Gasteiger partial charge >= 0.3 is 0 Å². The zero-order chi connectivity index (χ0) is 17.0. The van der Waals surface area contributed by atoms with Crippen molar-refractivity contribution in [2.24, 2.45) is 5.92 Å². The highest BCUT2D eigenvalue weighted by Gasteiger charge is 2.20. The molecular weight excluding hydrogens is 318 g/mol. The predicted molar refractivity (Wildman–Crippen MR) is 88.8 cm³/mol. The maximum atomic E-state index is 12.4. The summed E-state index contributed by atoms with van der Waals surface area (Å²) in [6.07, 6.45) is 1.46. The highest BCUT2D eigenvalue weighted by atomic mass is 35.5. The molecule has 0 spiro atoms. The van der Waals surface area contributed by atoms with E-state index in [1.807, 2.05) is 13.8 Å². The Morgan fingerprint density at radius 3 is 2.78 bits per heavy atom. The van der Waals surface area contributed by atoms with Crippen molar-refractivity contribution in [2.45, 2.75) is 19.9 Å². The van der Waals surface area contributed by atoms with Crippen molar-refractivity contribution in [3.8, 4) is 17.0 Å². The Bertz CT molecular complexity index is 685. The molecule has 23 heavy (non-hydrogen) atoms. The maximum Gasteiger partial charge on any atom is 0.255 e.